The van der Waals surface area contributed by atoms with Crippen LogP contribution in [0.4, 0.5) is 0 Å². The maximum absolute atomic E-state index is 12.0. The Kier molecular flexibility index (Phi) is 5.64. The van der Waals surface area contributed by atoms with Crippen LogP contribution < -0.4 is 5.32 Å². The topological polar surface area (TPSA) is 99.5 Å². The van der Waals surface area contributed by atoms with Crippen molar-refractivity contribution < 1.29 is 19.8 Å². The first-order valence-corrected chi connectivity index (χ1v) is 6.57. The van der Waals surface area contributed by atoms with Crippen LogP contribution in [0.3, 0.4) is 0 Å². The zero-order chi connectivity index (χ0) is 15.2. The molecule has 110 valence electrons. The predicted molar refractivity (Wildman–Crippen MR) is 73.6 cm³/mol. The van der Waals surface area contributed by atoms with Crippen molar-refractivity contribution in [3.8, 4) is 0 Å². The first-order chi connectivity index (χ1) is 9.49. The number of aliphatic hydroxyl groups is 1. The fourth-order valence-corrected chi connectivity index (χ4v) is 1.89. The molecule has 0 aromatic carbocycles. The van der Waals surface area contributed by atoms with Crippen LogP contribution in [0, 0.1) is 5.41 Å². The molecule has 1 rings (SSSR count). The monoisotopic (exact) mass is 280 g/mol. The third-order valence-corrected chi connectivity index (χ3v) is 3.71. The fourth-order valence-electron chi connectivity index (χ4n) is 1.89. The average Bonchev–Trinajstić information content (AvgIpc) is 2.49. The molecule has 0 radical (unpaired) electrons. The number of carbonyl (C=O) groups excluding carboxylic acids is 1. The van der Waals surface area contributed by atoms with Crippen molar-refractivity contribution in [1.29, 1.82) is 0 Å². The van der Waals surface area contributed by atoms with E-state index >= 15 is 0 Å². The predicted octanol–water partition coefficient (Wildman–Crippen LogP) is 1.31. The summed E-state index contributed by atoms with van der Waals surface area (Å²) in [6, 6.07) is 2.81. The molecule has 0 aliphatic heterocycles. The molecule has 0 fully saturated rings. The van der Waals surface area contributed by atoms with Gasteiger partial charge in [0.25, 0.3) is 5.91 Å². The molecule has 1 heterocycles. The Morgan fingerprint density at radius 1 is 1.35 bits per heavy atom. The lowest BCUT2D eigenvalue weighted by Crippen LogP contribution is -2.40. The van der Waals surface area contributed by atoms with Gasteiger partial charge in [0.1, 0.15) is 5.69 Å². The highest BCUT2D eigenvalue weighted by atomic mass is 16.4. The molecule has 0 aliphatic carbocycles. The normalized spacial score (nSPS) is 11.2. The second-order valence-electron chi connectivity index (χ2n) is 4.75. The molecule has 3 N–H and O–H groups in total. The highest BCUT2D eigenvalue weighted by molar-refractivity contribution is 6.03. The van der Waals surface area contributed by atoms with Crippen LogP contribution in [0.5, 0.6) is 0 Å². The zero-order valence-corrected chi connectivity index (χ0v) is 11.7. The summed E-state index contributed by atoms with van der Waals surface area (Å²) in [5.74, 6) is -1.73. The number of pyridine rings is 1. The smallest absolute Gasteiger partial charge is 0.338 e. The minimum atomic E-state index is -1.19. The number of nitrogens with one attached hydrogen (secondary N) is 1. The van der Waals surface area contributed by atoms with Crippen LogP contribution >= 0.6 is 0 Å². The van der Waals surface area contributed by atoms with E-state index in [1.807, 2.05) is 13.8 Å². The van der Waals surface area contributed by atoms with Gasteiger partial charge in [-0.05, 0) is 25.0 Å². The third-order valence-electron chi connectivity index (χ3n) is 3.71. The van der Waals surface area contributed by atoms with Crippen molar-refractivity contribution in [2.75, 3.05) is 13.2 Å². The van der Waals surface area contributed by atoms with E-state index in [1.54, 1.807) is 0 Å². The molecular weight excluding hydrogens is 260 g/mol. The molecule has 0 spiro atoms. The average molecular weight is 280 g/mol. The van der Waals surface area contributed by atoms with Gasteiger partial charge in [0, 0.05) is 18.2 Å². The molecule has 0 atom stereocenters. The van der Waals surface area contributed by atoms with Crippen LogP contribution in [0.1, 0.15) is 47.5 Å². The van der Waals surface area contributed by atoms with Gasteiger partial charge in [0.05, 0.1) is 12.2 Å². The molecule has 0 aliphatic rings. The van der Waals surface area contributed by atoms with Crippen molar-refractivity contribution in [3.63, 3.8) is 0 Å². The number of nitrogens with zero attached hydrogens (tertiary/aromatic N) is 1. The largest absolute Gasteiger partial charge is 0.478 e. The van der Waals surface area contributed by atoms with Gasteiger partial charge < -0.3 is 15.5 Å². The molecule has 6 heteroatoms. The number of amides is 1. The molecule has 0 unspecified atom stereocenters. The van der Waals surface area contributed by atoms with Gasteiger partial charge in [-0.3, -0.25) is 9.78 Å². The van der Waals surface area contributed by atoms with E-state index < -0.39 is 11.9 Å². The second kappa shape index (κ2) is 7.00. The van der Waals surface area contributed by atoms with Gasteiger partial charge in [0.15, 0.2) is 0 Å². The highest BCUT2D eigenvalue weighted by Crippen LogP contribution is 2.24. The maximum Gasteiger partial charge on any atom is 0.338 e. The summed E-state index contributed by atoms with van der Waals surface area (Å²) < 4.78 is 0. The Hall–Kier alpha value is -1.95. The summed E-state index contributed by atoms with van der Waals surface area (Å²) >= 11 is 0. The van der Waals surface area contributed by atoms with Crippen molar-refractivity contribution in [2.45, 2.75) is 26.7 Å². The summed E-state index contributed by atoms with van der Waals surface area (Å²) in [4.78, 5) is 26.9. The van der Waals surface area contributed by atoms with E-state index in [0.29, 0.717) is 12.8 Å². The zero-order valence-electron chi connectivity index (χ0n) is 11.7. The summed E-state index contributed by atoms with van der Waals surface area (Å²) in [6.45, 7) is 4.13. The molecule has 6 nitrogen and oxygen atoms in total. The molecule has 1 aromatic heterocycles. The molecule has 1 aromatic rings. The number of carboxylic acids is 1. The lowest BCUT2D eigenvalue weighted by atomic mass is 9.83. The van der Waals surface area contributed by atoms with E-state index in [-0.39, 0.29) is 29.8 Å². The summed E-state index contributed by atoms with van der Waals surface area (Å²) in [6.07, 6.45) is 2.81. The van der Waals surface area contributed by atoms with Crippen LogP contribution in [-0.2, 0) is 0 Å². The molecule has 20 heavy (non-hydrogen) atoms. The minimum absolute atomic E-state index is 0.0334. The first-order valence-electron chi connectivity index (χ1n) is 6.57. The van der Waals surface area contributed by atoms with Crippen LogP contribution in [0.25, 0.3) is 0 Å². The van der Waals surface area contributed by atoms with Gasteiger partial charge in [-0.1, -0.05) is 13.8 Å². The maximum atomic E-state index is 12.0. The van der Waals surface area contributed by atoms with Gasteiger partial charge in [-0.25, -0.2) is 4.79 Å². The van der Waals surface area contributed by atoms with E-state index in [1.165, 1.54) is 18.3 Å². The SMILES string of the molecule is CCC(CC)(CO)CNC(=O)c1ncccc1C(=O)O. The third kappa shape index (κ3) is 3.54. The van der Waals surface area contributed by atoms with Gasteiger partial charge in [-0.2, -0.15) is 0 Å². The highest BCUT2D eigenvalue weighted by Gasteiger charge is 2.27. The Labute approximate surface area is 117 Å². The molecule has 1 amide bonds. The number of hydrogen-bond donors (Lipinski definition) is 3. The summed E-state index contributed by atoms with van der Waals surface area (Å²) in [7, 11) is 0. The molecule has 0 bridgehead atoms. The van der Waals surface area contributed by atoms with Crippen LogP contribution in [0.2, 0.25) is 0 Å². The number of hydrogen-bond acceptors (Lipinski definition) is 4. The number of aliphatic hydroxyl groups excluding tert-OH is 1. The number of carbonyl (C=O) groups is 2. The Morgan fingerprint density at radius 3 is 2.50 bits per heavy atom. The van der Waals surface area contributed by atoms with Crippen molar-refractivity contribution >= 4 is 11.9 Å². The molecule has 0 saturated carbocycles. The van der Waals surface area contributed by atoms with Gasteiger partial charge >= 0.3 is 5.97 Å². The number of carboxylic acid groups (broad SMARTS) is 1. The number of aromatic nitrogens is 1. The number of aromatic carboxylic acids is 1. The number of rotatable bonds is 7. The van der Waals surface area contributed by atoms with E-state index in [4.69, 9.17) is 5.11 Å². The Morgan fingerprint density at radius 2 is 2.00 bits per heavy atom. The van der Waals surface area contributed by atoms with E-state index in [9.17, 15) is 14.7 Å². The lowest BCUT2D eigenvalue weighted by Gasteiger charge is -2.29. The Balaban J connectivity index is 2.85. The second-order valence-corrected chi connectivity index (χ2v) is 4.75. The minimum Gasteiger partial charge on any atom is -0.478 e. The van der Waals surface area contributed by atoms with E-state index in [2.05, 4.69) is 10.3 Å². The molecular formula is C14H20N2O4. The van der Waals surface area contributed by atoms with Gasteiger partial charge in [0.2, 0.25) is 0 Å². The lowest BCUT2D eigenvalue weighted by molar-refractivity contribution is 0.0687. The van der Waals surface area contributed by atoms with Crippen molar-refractivity contribution in [1.82, 2.24) is 10.3 Å². The first kappa shape index (κ1) is 16.1. The fraction of sp³-hybridized carbons (Fsp3) is 0.500. The molecule has 0 saturated heterocycles. The van der Waals surface area contributed by atoms with Crippen molar-refractivity contribution in [3.05, 3.63) is 29.6 Å². The summed E-state index contributed by atoms with van der Waals surface area (Å²) in [5.41, 5.74) is -0.625. The Bertz CT molecular complexity index is 476. The van der Waals surface area contributed by atoms with E-state index in [0.717, 1.165) is 0 Å². The summed E-state index contributed by atoms with van der Waals surface area (Å²) in [5, 5.41) is 21.1. The quantitative estimate of drug-likeness (QED) is 0.699. The van der Waals surface area contributed by atoms with Crippen LogP contribution in [0.15, 0.2) is 18.3 Å². The van der Waals surface area contributed by atoms with Crippen molar-refractivity contribution in [2.24, 2.45) is 5.41 Å². The standard InChI is InChI=1S/C14H20N2O4/c1-3-14(4-2,9-17)8-16-12(18)11-10(13(19)20)6-5-7-15-11/h5-7,17H,3-4,8-9H2,1-2H3,(H,16,18)(H,19,20). The van der Waals surface area contributed by atoms with Gasteiger partial charge in [-0.15, -0.1) is 0 Å². The van der Waals surface area contributed by atoms with Crippen LogP contribution in [-0.4, -0.2) is 40.2 Å².